The maximum atomic E-state index is 12.1. The Morgan fingerprint density at radius 1 is 0.962 bits per heavy atom. The number of rotatable bonds is 5. The van der Waals surface area contributed by atoms with E-state index in [0.29, 0.717) is 5.69 Å². The largest absolute Gasteiger partial charge is 0.337 e. The van der Waals surface area contributed by atoms with Crippen molar-refractivity contribution in [3.05, 3.63) is 106 Å². The van der Waals surface area contributed by atoms with Gasteiger partial charge in [0.05, 0.1) is 10.6 Å². The molecule has 0 aliphatic rings. The monoisotopic (exact) mass is 347 g/mol. The van der Waals surface area contributed by atoms with E-state index in [9.17, 15) is 14.9 Å². The highest BCUT2D eigenvalue weighted by atomic mass is 16.6. The summed E-state index contributed by atoms with van der Waals surface area (Å²) in [5, 5.41) is 14.0. The third kappa shape index (κ3) is 3.17. The van der Waals surface area contributed by atoms with E-state index < -0.39 is 10.5 Å². The van der Waals surface area contributed by atoms with Gasteiger partial charge in [-0.25, -0.2) is 0 Å². The summed E-state index contributed by atoms with van der Waals surface area (Å²) in [5.74, 6) is -0.238. The molecule has 1 aromatic heterocycles. The summed E-state index contributed by atoms with van der Waals surface area (Å²) in [5.41, 5.74) is 0.955. The van der Waals surface area contributed by atoms with Crippen LogP contribution in [0.5, 0.6) is 0 Å². The van der Waals surface area contributed by atoms with Gasteiger partial charge in [-0.1, -0.05) is 60.7 Å². The van der Waals surface area contributed by atoms with Gasteiger partial charge in [-0.2, -0.15) is 0 Å². The average molecular weight is 347 g/mol. The number of carbonyl (C=O) groups is 1. The van der Waals surface area contributed by atoms with E-state index >= 15 is 0 Å². The molecule has 130 valence electrons. The number of hydrogen-bond donors (Lipinski definition) is 1. The van der Waals surface area contributed by atoms with Crippen molar-refractivity contribution in [3.8, 4) is 0 Å². The number of aromatic nitrogens is 1. The van der Waals surface area contributed by atoms with Gasteiger partial charge in [0, 0.05) is 13.0 Å². The van der Waals surface area contributed by atoms with Crippen LogP contribution in [-0.2, 0) is 10.3 Å². The number of benzene rings is 2. The van der Waals surface area contributed by atoms with Crippen LogP contribution in [0.15, 0.2) is 79.0 Å². The fourth-order valence-corrected chi connectivity index (χ4v) is 3.03. The van der Waals surface area contributed by atoms with E-state index in [-0.39, 0.29) is 11.6 Å². The van der Waals surface area contributed by atoms with Gasteiger partial charge in [-0.15, -0.1) is 0 Å². The first-order valence-corrected chi connectivity index (χ1v) is 8.05. The first kappa shape index (κ1) is 17.3. The molecule has 3 aromatic rings. The van der Waals surface area contributed by atoms with Crippen LogP contribution in [0.25, 0.3) is 0 Å². The minimum Gasteiger partial charge on any atom is -0.337 e. The number of pyridine rings is 1. The van der Waals surface area contributed by atoms with Gasteiger partial charge in [0.15, 0.2) is 0 Å². The van der Waals surface area contributed by atoms with Gasteiger partial charge >= 0.3 is 0 Å². The van der Waals surface area contributed by atoms with Crippen LogP contribution < -0.4 is 5.32 Å². The highest BCUT2D eigenvalue weighted by Crippen LogP contribution is 2.36. The van der Waals surface area contributed by atoms with Crippen molar-refractivity contribution in [2.45, 2.75) is 12.5 Å². The molecule has 0 aliphatic heterocycles. The minimum atomic E-state index is -1.05. The van der Waals surface area contributed by atoms with Crippen LogP contribution >= 0.6 is 0 Å². The average Bonchev–Trinajstić information content (AvgIpc) is 2.67. The predicted molar refractivity (Wildman–Crippen MR) is 97.5 cm³/mol. The van der Waals surface area contributed by atoms with Crippen LogP contribution in [0.1, 0.15) is 23.7 Å². The zero-order chi connectivity index (χ0) is 18.6. The van der Waals surface area contributed by atoms with Crippen molar-refractivity contribution in [2.24, 2.45) is 0 Å². The van der Waals surface area contributed by atoms with Crippen LogP contribution in [0.4, 0.5) is 5.69 Å². The van der Waals surface area contributed by atoms with Crippen LogP contribution in [0.2, 0.25) is 0 Å². The molecule has 3 rings (SSSR count). The smallest absolute Gasteiger partial charge is 0.287 e. The molecule has 0 radical (unpaired) electrons. The van der Waals surface area contributed by atoms with Crippen molar-refractivity contribution >= 4 is 11.6 Å². The highest BCUT2D eigenvalue weighted by Gasteiger charge is 2.38. The second kappa shape index (κ2) is 7.14. The summed E-state index contributed by atoms with van der Waals surface area (Å²) in [7, 11) is 0. The second-order valence-corrected chi connectivity index (χ2v) is 5.82. The van der Waals surface area contributed by atoms with Crippen molar-refractivity contribution < 1.29 is 9.72 Å². The summed E-state index contributed by atoms with van der Waals surface area (Å²) in [6, 6.07) is 21.8. The predicted octanol–water partition coefficient (Wildman–Crippen LogP) is 3.42. The summed E-state index contributed by atoms with van der Waals surface area (Å²) in [6.45, 7) is 1.44. The first-order valence-electron chi connectivity index (χ1n) is 8.05. The van der Waals surface area contributed by atoms with Crippen molar-refractivity contribution in [3.63, 3.8) is 0 Å². The molecule has 0 aliphatic carbocycles. The lowest BCUT2D eigenvalue weighted by Gasteiger charge is -2.35. The Balaban J connectivity index is 2.29. The molecule has 2 aromatic carbocycles. The number of nitrogens with zero attached hydrogens (tertiary/aromatic N) is 2. The number of carbonyl (C=O) groups excluding carboxylic acids is 1. The molecule has 0 atom stereocenters. The summed E-state index contributed by atoms with van der Waals surface area (Å²) in [4.78, 5) is 26.9. The summed E-state index contributed by atoms with van der Waals surface area (Å²) < 4.78 is 0. The first-order chi connectivity index (χ1) is 12.5. The van der Waals surface area contributed by atoms with Gasteiger partial charge in [-0.3, -0.25) is 19.9 Å². The van der Waals surface area contributed by atoms with E-state index in [4.69, 9.17) is 0 Å². The molecule has 0 saturated heterocycles. The molecule has 0 spiro atoms. The Morgan fingerprint density at radius 2 is 1.50 bits per heavy atom. The maximum Gasteiger partial charge on any atom is 0.287 e. The van der Waals surface area contributed by atoms with Crippen molar-refractivity contribution in [2.75, 3.05) is 0 Å². The van der Waals surface area contributed by atoms with E-state index in [1.54, 1.807) is 6.07 Å². The topological polar surface area (TPSA) is 85.1 Å². The Morgan fingerprint density at radius 3 is 1.88 bits per heavy atom. The number of nitro groups is 1. The van der Waals surface area contributed by atoms with Gasteiger partial charge in [0.2, 0.25) is 5.91 Å². The molecule has 26 heavy (non-hydrogen) atoms. The third-order valence-electron chi connectivity index (χ3n) is 4.12. The van der Waals surface area contributed by atoms with Crippen molar-refractivity contribution in [1.82, 2.24) is 10.3 Å². The van der Waals surface area contributed by atoms with Gasteiger partial charge in [-0.05, 0) is 17.2 Å². The molecule has 1 heterocycles. The Kier molecular flexibility index (Phi) is 4.75. The van der Waals surface area contributed by atoms with E-state index in [1.807, 2.05) is 60.7 Å². The molecular formula is C20H17N3O3. The Hall–Kier alpha value is -3.54. The third-order valence-corrected chi connectivity index (χ3v) is 4.12. The molecule has 1 amide bonds. The standard InChI is InChI=1S/C20H17N3O3/c1-15(24)22-20(16-8-4-2-5-9-16,17-10-6-3-7-11-17)19-13-12-18(14-21-19)23(25)26/h2-14H,1H3,(H,22,24). The zero-order valence-corrected chi connectivity index (χ0v) is 14.1. The van der Waals surface area contributed by atoms with E-state index in [2.05, 4.69) is 10.3 Å². The van der Waals surface area contributed by atoms with Gasteiger partial charge < -0.3 is 5.32 Å². The van der Waals surface area contributed by atoms with Crippen LogP contribution in [0, 0.1) is 10.1 Å². The molecule has 6 nitrogen and oxygen atoms in total. The quantitative estimate of drug-likeness (QED) is 0.566. The number of nitrogens with one attached hydrogen (secondary N) is 1. The normalized spacial score (nSPS) is 11.0. The molecule has 1 N–H and O–H groups in total. The molecule has 0 unspecified atom stereocenters. The summed E-state index contributed by atoms with van der Waals surface area (Å²) >= 11 is 0. The Labute approximate surface area is 150 Å². The molecule has 0 saturated carbocycles. The highest BCUT2D eigenvalue weighted by molar-refractivity contribution is 5.76. The lowest BCUT2D eigenvalue weighted by Crippen LogP contribution is -2.47. The van der Waals surface area contributed by atoms with Gasteiger partial charge in [0.25, 0.3) is 5.69 Å². The fourth-order valence-electron chi connectivity index (χ4n) is 3.03. The molecular weight excluding hydrogens is 330 g/mol. The molecule has 0 fully saturated rings. The minimum absolute atomic E-state index is 0.105. The lowest BCUT2D eigenvalue weighted by molar-refractivity contribution is -0.385. The Bertz CT molecular complexity index is 871. The number of amides is 1. The van der Waals surface area contributed by atoms with Crippen LogP contribution in [0.3, 0.4) is 0 Å². The molecule has 0 bridgehead atoms. The fraction of sp³-hybridized carbons (Fsp3) is 0.100. The van der Waals surface area contributed by atoms with Crippen LogP contribution in [-0.4, -0.2) is 15.8 Å². The maximum absolute atomic E-state index is 12.1. The van der Waals surface area contributed by atoms with E-state index in [0.717, 1.165) is 11.1 Å². The lowest BCUT2D eigenvalue weighted by atomic mass is 9.79. The van der Waals surface area contributed by atoms with Crippen molar-refractivity contribution in [1.29, 1.82) is 0 Å². The SMILES string of the molecule is CC(=O)NC(c1ccccc1)(c1ccccc1)c1ccc([N+](=O)[O-])cn1. The number of hydrogen-bond acceptors (Lipinski definition) is 4. The summed E-state index contributed by atoms with van der Waals surface area (Å²) in [6.07, 6.45) is 1.21. The van der Waals surface area contributed by atoms with E-state index in [1.165, 1.54) is 19.2 Å². The molecule has 6 heteroatoms. The second-order valence-electron chi connectivity index (χ2n) is 5.82. The van der Waals surface area contributed by atoms with Gasteiger partial charge in [0.1, 0.15) is 11.7 Å². The zero-order valence-electron chi connectivity index (χ0n) is 14.1.